The summed E-state index contributed by atoms with van der Waals surface area (Å²) >= 11 is 0. The molecular weight excluding hydrogens is 568 g/mol. The second-order valence-electron chi connectivity index (χ2n) is 11.0. The maximum atomic E-state index is 14.2. The Kier molecular flexibility index (Phi) is 6.10. The average molecular weight is 591 g/mol. The van der Waals surface area contributed by atoms with Gasteiger partial charge in [0.15, 0.2) is 0 Å². The molecule has 2 heterocycles. The standard InChI is InChI=1S/C40H22N4O2/c41-23-25-11-4-6-15-28(25)30-17-8-20-33-36(30)37-31(29-16-7-5-12-26(29)24-42)18-9-21-34(37)44(33)35-22-10-19-32-38(35)40(46)43(39(32)45)27-13-2-1-3-14-27/h1-22H. The summed E-state index contributed by atoms with van der Waals surface area (Å²) in [5.41, 5.74) is 7.65. The Labute approximate surface area is 264 Å². The maximum Gasteiger partial charge on any atom is 0.268 e. The molecular formula is C40H22N4O2. The molecule has 1 aliphatic heterocycles. The van der Waals surface area contributed by atoms with Crippen LogP contribution >= 0.6 is 0 Å². The molecule has 6 aromatic carbocycles. The number of amides is 2. The number of hydrogen-bond acceptors (Lipinski definition) is 4. The van der Waals surface area contributed by atoms with Crippen LogP contribution in [0.25, 0.3) is 49.7 Å². The fourth-order valence-corrected chi connectivity index (χ4v) is 6.71. The van der Waals surface area contributed by atoms with Gasteiger partial charge in [0.2, 0.25) is 0 Å². The van der Waals surface area contributed by atoms with Crippen molar-refractivity contribution in [3.05, 3.63) is 156 Å². The Morgan fingerprint density at radius 1 is 0.457 bits per heavy atom. The van der Waals surface area contributed by atoms with E-state index in [0.717, 1.165) is 44.1 Å². The highest BCUT2D eigenvalue weighted by atomic mass is 16.2. The van der Waals surface area contributed by atoms with Crippen molar-refractivity contribution in [2.75, 3.05) is 4.90 Å². The van der Waals surface area contributed by atoms with Gasteiger partial charge in [0.05, 0.1) is 56.8 Å². The number of para-hydroxylation sites is 1. The van der Waals surface area contributed by atoms with E-state index in [2.05, 4.69) is 12.1 Å². The van der Waals surface area contributed by atoms with Crippen LogP contribution in [0, 0.1) is 22.7 Å². The van der Waals surface area contributed by atoms with Crippen LogP contribution in [0.15, 0.2) is 133 Å². The molecule has 0 fully saturated rings. The van der Waals surface area contributed by atoms with Crippen molar-refractivity contribution >= 4 is 39.3 Å². The van der Waals surface area contributed by atoms with Gasteiger partial charge in [-0.15, -0.1) is 0 Å². The third kappa shape index (κ3) is 3.81. The fourth-order valence-electron chi connectivity index (χ4n) is 6.71. The van der Waals surface area contributed by atoms with Gasteiger partial charge < -0.3 is 4.57 Å². The number of rotatable bonds is 4. The molecule has 6 nitrogen and oxygen atoms in total. The lowest BCUT2D eigenvalue weighted by Gasteiger charge is -2.14. The van der Waals surface area contributed by atoms with Crippen molar-refractivity contribution in [2.45, 2.75) is 0 Å². The number of carbonyl (C=O) groups excluding carboxylic acids is 2. The molecule has 46 heavy (non-hydrogen) atoms. The predicted molar refractivity (Wildman–Crippen MR) is 179 cm³/mol. The third-order valence-corrected chi connectivity index (χ3v) is 8.64. The zero-order chi connectivity index (χ0) is 31.4. The van der Waals surface area contributed by atoms with Gasteiger partial charge in [-0.2, -0.15) is 10.5 Å². The highest BCUT2D eigenvalue weighted by Gasteiger charge is 2.39. The Balaban J connectivity index is 1.51. The molecule has 6 heteroatoms. The lowest BCUT2D eigenvalue weighted by molar-refractivity contribution is 0.0926. The highest BCUT2D eigenvalue weighted by Crippen LogP contribution is 2.45. The number of fused-ring (bicyclic) bond motifs is 4. The van der Waals surface area contributed by atoms with Crippen LogP contribution in [0.4, 0.5) is 5.69 Å². The quantitative estimate of drug-likeness (QED) is 0.192. The molecule has 7 aromatic rings. The number of carbonyl (C=O) groups is 2. The molecule has 0 radical (unpaired) electrons. The minimum Gasteiger partial charge on any atom is -0.308 e. The first-order chi connectivity index (χ1) is 22.6. The number of nitriles is 2. The summed E-state index contributed by atoms with van der Waals surface area (Å²) in [5.74, 6) is -0.769. The monoisotopic (exact) mass is 590 g/mol. The van der Waals surface area contributed by atoms with Crippen LogP contribution in [0.1, 0.15) is 31.8 Å². The van der Waals surface area contributed by atoms with Crippen molar-refractivity contribution in [3.63, 3.8) is 0 Å². The van der Waals surface area contributed by atoms with Crippen LogP contribution in [0.2, 0.25) is 0 Å². The molecule has 0 unspecified atom stereocenters. The lowest BCUT2D eigenvalue weighted by atomic mass is 9.91. The zero-order valence-electron chi connectivity index (χ0n) is 24.3. The zero-order valence-corrected chi connectivity index (χ0v) is 24.3. The Bertz CT molecular complexity index is 2380. The molecule has 1 aromatic heterocycles. The van der Waals surface area contributed by atoms with E-state index in [0.29, 0.717) is 33.6 Å². The van der Waals surface area contributed by atoms with Crippen LogP contribution in [0.3, 0.4) is 0 Å². The number of nitrogens with zero attached hydrogens (tertiary/aromatic N) is 4. The SMILES string of the molecule is N#Cc1ccccc1-c1cccc2c1c1c(-c3ccccc3C#N)cccc1n2-c1cccc2c1C(=O)N(c1ccccc1)C2=O. The van der Waals surface area contributed by atoms with E-state index < -0.39 is 5.91 Å². The van der Waals surface area contributed by atoms with Crippen molar-refractivity contribution < 1.29 is 9.59 Å². The first-order valence-electron chi connectivity index (χ1n) is 14.7. The first kappa shape index (κ1) is 26.8. The first-order valence-corrected chi connectivity index (χ1v) is 14.7. The van der Waals surface area contributed by atoms with Crippen molar-refractivity contribution in [3.8, 4) is 40.1 Å². The van der Waals surface area contributed by atoms with E-state index in [4.69, 9.17) is 0 Å². The minimum atomic E-state index is -0.395. The van der Waals surface area contributed by atoms with Crippen LogP contribution in [-0.2, 0) is 0 Å². The molecule has 0 saturated carbocycles. The molecule has 0 atom stereocenters. The molecule has 0 saturated heterocycles. The largest absolute Gasteiger partial charge is 0.308 e. The van der Waals surface area contributed by atoms with Gasteiger partial charge in [-0.25, -0.2) is 4.90 Å². The summed E-state index contributed by atoms with van der Waals surface area (Å²) in [5, 5.41) is 21.9. The number of hydrogen-bond donors (Lipinski definition) is 0. The average Bonchev–Trinajstić information content (AvgIpc) is 3.59. The normalized spacial score (nSPS) is 12.3. The predicted octanol–water partition coefficient (Wildman–Crippen LogP) is 8.66. The molecule has 8 rings (SSSR count). The third-order valence-electron chi connectivity index (χ3n) is 8.64. The van der Waals surface area contributed by atoms with Crippen LogP contribution in [-0.4, -0.2) is 16.4 Å². The van der Waals surface area contributed by atoms with Crippen molar-refractivity contribution in [1.29, 1.82) is 10.5 Å². The van der Waals surface area contributed by atoms with E-state index in [1.165, 1.54) is 4.90 Å². The smallest absolute Gasteiger partial charge is 0.268 e. The van der Waals surface area contributed by atoms with E-state index >= 15 is 0 Å². The molecule has 0 bridgehead atoms. The van der Waals surface area contributed by atoms with Gasteiger partial charge in [-0.1, -0.05) is 84.9 Å². The minimum absolute atomic E-state index is 0.320. The lowest BCUT2D eigenvalue weighted by Crippen LogP contribution is -2.29. The van der Waals surface area contributed by atoms with Gasteiger partial charge in [0.1, 0.15) is 0 Å². The van der Waals surface area contributed by atoms with Gasteiger partial charge in [0.25, 0.3) is 11.8 Å². The molecule has 0 N–H and O–H groups in total. The number of benzene rings is 6. The summed E-state index contributed by atoms with van der Waals surface area (Å²) in [6.45, 7) is 0. The summed E-state index contributed by atoms with van der Waals surface area (Å²) in [6.07, 6.45) is 0. The fraction of sp³-hybridized carbons (Fsp3) is 0. The molecule has 1 aliphatic rings. The molecule has 2 amide bonds. The second kappa shape index (κ2) is 10.4. The van der Waals surface area contributed by atoms with Crippen molar-refractivity contribution in [1.82, 2.24) is 4.57 Å². The number of imide groups is 1. The Morgan fingerprint density at radius 2 is 0.935 bits per heavy atom. The van der Waals surface area contributed by atoms with Gasteiger partial charge in [-0.3, -0.25) is 9.59 Å². The number of aromatic nitrogens is 1. The van der Waals surface area contributed by atoms with Crippen LogP contribution in [0.5, 0.6) is 0 Å². The summed E-state index contributed by atoms with van der Waals surface area (Å²) in [7, 11) is 0. The van der Waals surface area contributed by atoms with E-state index in [9.17, 15) is 20.1 Å². The van der Waals surface area contributed by atoms with Gasteiger partial charge >= 0.3 is 0 Å². The maximum absolute atomic E-state index is 14.2. The van der Waals surface area contributed by atoms with Gasteiger partial charge in [0, 0.05) is 21.9 Å². The van der Waals surface area contributed by atoms with Crippen molar-refractivity contribution in [2.24, 2.45) is 0 Å². The van der Waals surface area contributed by atoms with E-state index in [-0.39, 0.29) is 5.91 Å². The molecule has 0 spiro atoms. The molecule has 0 aliphatic carbocycles. The van der Waals surface area contributed by atoms with Crippen LogP contribution < -0.4 is 4.90 Å². The topological polar surface area (TPSA) is 89.9 Å². The Morgan fingerprint density at radius 3 is 1.50 bits per heavy atom. The van der Waals surface area contributed by atoms with E-state index in [1.54, 1.807) is 48.5 Å². The highest BCUT2D eigenvalue weighted by molar-refractivity contribution is 6.36. The summed E-state index contributed by atoms with van der Waals surface area (Å²) < 4.78 is 2.03. The van der Waals surface area contributed by atoms with E-state index in [1.807, 2.05) is 89.5 Å². The van der Waals surface area contributed by atoms with Gasteiger partial charge in [-0.05, 0) is 59.7 Å². The molecule has 214 valence electrons. The second-order valence-corrected chi connectivity index (χ2v) is 11.0. The Hall–Kier alpha value is -6.76. The summed E-state index contributed by atoms with van der Waals surface area (Å²) in [6, 6.07) is 45.8. The summed E-state index contributed by atoms with van der Waals surface area (Å²) in [4.78, 5) is 29.1. The number of anilines is 1.